The van der Waals surface area contributed by atoms with Crippen molar-refractivity contribution in [2.24, 2.45) is 5.92 Å². The summed E-state index contributed by atoms with van der Waals surface area (Å²) in [7, 11) is 0. The highest BCUT2D eigenvalue weighted by Crippen LogP contribution is 2.29. The molecule has 0 radical (unpaired) electrons. The number of hydrogen-bond donors (Lipinski definition) is 2. The summed E-state index contributed by atoms with van der Waals surface area (Å²) in [5.41, 5.74) is 0.776. The molecule has 31 heavy (non-hydrogen) atoms. The lowest BCUT2D eigenvalue weighted by Gasteiger charge is -2.14. The van der Waals surface area contributed by atoms with Gasteiger partial charge in [-0.05, 0) is 37.8 Å². The van der Waals surface area contributed by atoms with Gasteiger partial charge in [-0.15, -0.1) is 0 Å². The third kappa shape index (κ3) is 7.19. The van der Waals surface area contributed by atoms with Crippen molar-refractivity contribution in [2.45, 2.75) is 44.8 Å². The second-order valence-corrected chi connectivity index (χ2v) is 7.22. The van der Waals surface area contributed by atoms with E-state index in [9.17, 15) is 22.8 Å². The molecule has 1 saturated carbocycles. The van der Waals surface area contributed by atoms with Crippen LogP contribution < -0.4 is 15.4 Å². The van der Waals surface area contributed by atoms with Crippen molar-refractivity contribution in [1.82, 2.24) is 20.3 Å². The summed E-state index contributed by atoms with van der Waals surface area (Å²) >= 11 is 0. The molecule has 2 aromatic rings. The Bertz CT molecular complexity index is 917. The van der Waals surface area contributed by atoms with E-state index in [4.69, 9.17) is 4.74 Å². The Morgan fingerprint density at radius 2 is 2.00 bits per heavy atom. The van der Waals surface area contributed by atoms with Crippen LogP contribution in [-0.2, 0) is 4.79 Å². The number of rotatable bonds is 9. The molecule has 2 amide bonds. The molecule has 1 aliphatic carbocycles. The number of ether oxygens (including phenoxy) is 1. The van der Waals surface area contributed by atoms with E-state index in [-0.39, 0.29) is 42.4 Å². The van der Waals surface area contributed by atoms with Gasteiger partial charge in [0.25, 0.3) is 5.91 Å². The quantitative estimate of drug-likeness (QED) is 0.582. The van der Waals surface area contributed by atoms with E-state index in [2.05, 4.69) is 25.6 Å². The highest BCUT2D eigenvalue weighted by molar-refractivity contribution is 5.95. The van der Waals surface area contributed by atoms with Gasteiger partial charge in [-0.2, -0.15) is 13.2 Å². The monoisotopic (exact) mass is 437 g/mol. The number of aromatic nitrogens is 3. The van der Waals surface area contributed by atoms with Gasteiger partial charge in [0, 0.05) is 30.8 Å². The predicted octanol–water partition coefficient (Wildman–Crippen LogP) is 3.43. The summed E-state index contributed by atoms with van der Waals surface area (Å²) in [4.78, 5) is 36.4. The van der Waals surface area contributed by atoms with Crippen LogP contribution in [0.3, 0.4) is 0 Å². The summed E-state index contributed by atoms with van der Waals surface area (Å²) in [5.74, 6) is -0.339. The Balaban J connectivity index is 1.50. The Morgan fingerprint density at radius 1 is 1.23 bits per heavy atom. The minimum absolute atomic E-state index is 0.00908. The van der Waals surface area contributed by atoms with Gasteiger partial charge < -0.3 is 10.1 Å². The van der Waals surface area contributed by atoms with Crippen molar-refractivity contribution in [3.63, 3.8) is 0 Å². The normalized spacial score (nSPS) is 14.6. The fourth-order valence-corrected chi connectivity index (χ4v) is 2.64. The van der Waals surface area contributed by atoms with Crippen molar-refractivity contribution in [3.8, 4) is 5.88 Å². The predicted molar refractivity (Wildman–Crippen MR) is 104 cm³/mol. The number of alkyl halides is 3. The van der Waals surface area contributed by atoms with E-state index in [0.29, 0.717) is 5.56 Å². The number of anilines is 1. The first-order valence-electron chi connectivity index (χ1n) is 9.81. The van der Waals surface area contributed by atoms with Crippen LogP contribution in [0.1, 0.15) is 54.7 Å². The third-order valence-corrected chi connectivity index (χ3v) is 4.53. The van der Waals surface area contributed by atoms with E-state index in [1.807, 2.05) is 0 Å². The van der Waals surface area contributed by atoms with Crippen LogP contribution in [0.25, 0.3) is 0 Å². The number of hydrogen-bond acceptors (Lipinski definition) is 6. The number of halogens is 3. The second kappa shape index (κ2) is 9.71. The minimum atomic E-state index is -4.21. The van der Waals surface area contributed by atoms with E-state index < -0.39 is 24.5 Å². The van der Waals surface area contributed by atoms with Crippen LogP contribution in [0.15, 0.2) is 30.6 Å². The fourth-order valence-electron chi connectivity index (χ4n) is 2.64. The Hall–Kier alpha value is -3.24. The maximum Gasteiger partial charge on any atom is 0.389 e. The molecule has 166 valence electrons. The molecule has 2 N–H and O–H groups in total. The first kappa shape index (κ1) is 22.4. The Labute approximate surface area is 176 Å². The zero-order valence-electron chi connectivity index (χ0n) is 16.8. The van der Waals surface area contributed by atoms with Crippen LogP contribution in [0.2, 0.25) is 0 Å². The molecule has 0 aromatic carbocycles. The van der Waals surface area contributed by atoms with Crippen LogP contribution in [0, 0.1) is 5.92 Å². The molecule has 8 nitrogen and oxygen atoms in total. The summed E-state index contributed by atoms with van der Waals surface area (Å²) < 4.78 is 41.6. The molecule has 0 bridgehead atoms. The van der Waals surface area contributed by atoms with Gasteiger partial charge in [-0.1, -0.05) is 6.07 Å². The standard InChI is InChI=1S/C20H22F3N5O3/c1-12(14-5-6-16(25-11-14)31-10-2-8-20(21,22)23)26-18(30)15-7-9-24-19(27-15)28-17(29)13-3-4-13/h5-7,9,11-13H,2-4,8,10H2,1H3,(H,26,30)(H,24,27,28,29). The molecule has 2 heterocycles. The molecule has 1 atom stereocenters. The summed E-state index contributed by atoms with van der Waals surface area (Å²) in [6.45, 7) is 1.65. The first-order chi connectivity index (χ1) is 14.7. The lowest BCUT2D eigenvalue weighted by atomic mass is 10.1. The Morgan fingerprint density at radius 3 is 2.65 bits per heavy atom. The minimum Gasteiger partial charge on any atom is -0.478 e. The molecule has 0 spiro atoms. The fraction of sp³-hybridized carbons (Fsp3) is 0.450. The first-order valence-corrected chi connectivity index (χ1v) is 9.81. The third-order valence-electron chi connectivity index (χ3n) is 4.53. The van der Waals surface area contributed by atoms with Crippen LogP contribution in [-0.4, -0.2) is 39.5 Å². The largest absolute Gasteiger partial charge is 0.478 e. The SMILES string of the molecule is CC(NC(=O)c1ccnc(NC(=O)C2CC2)n1)c1ccc(OCCCC(F)(F)F)nc1. The molecule has 11 heteroatoms. The number of pyridine rings is 1. The summed E-state index contributed by atoms with van der Waals surface area (Å²) in [6, 6.07) is 4.21. The van der Waals surface area contributed by atoms with Gasteiger partial charge in [-0.25, -0.2) is 15.0 Å². The average molecular weight is 437 g/mol. The topological polar surface area (TPSA) is 106 Å². The maximum absolute atomic E-state index is 12.5. The van der Waals surface area contributed by atoms with Crippen LogP contribution in [0.4, 0.5) is 19.1 Å². The number of amides is 2. The van der Waals surface area contributed by atoms with Crippen LogP contribution in [0.5, 0.6) is 5.88 Å². The van der Waals surface area contributed by atoms with E-state index >= 15 is 0 Å². The van der Waals surface area contributed by atoms with Crippen LogP contribution >= 0.6 is 0 Å². The second-order valence-electron chi connectivity index (χ2n) is 7.22. The summed E-state index contributed by atoms with van der Waals surface area (Å²) in [6.07, 6.45) is -0.719. The zero-order valence-corrected chi connectivity index (χ0v) is 16.8. The van der Waals surface area contributed by atoms with Crippen molar-refractivity contribution < 1.29 is 27.5 Å². The average Bonchev–Trinajstić information content (AvgIpc) is 3.56. The van der Waals surface area contributed by atoms with Gasteiger partial charge >= 0.3 is 6.18 Å². The molecule has 0 saturated heterocycles. The van der Waals surface area contributed by atoms with E-state index in [1.165, 1.54) is 24.5 Å². The van der Waals surface area contributed by atoms with Gasteiger partial charge in [0.1, 0.15) is 5.69 Å². The maximum atomic E-state index is 12.5. The molecule has 1 aliphatic rings. The molecular weight excluding hydrogens is 415 g/mol. The Kier molecular flexibility index (Phi) is 7.03. The lowest BCUT2D eigenvalue weighted by molar-refractivity contribution is -0.136. The van der Waals surface area contributed by atoms with Gasteiger partial charge in [0.05, 0.1) is 12.6 Å². The highest BCUT2D eigenvalue weighted by atomic mass is 19.4. The van der Waals surface area contributed by atoms with E-state index in [0.717, 1.165) is 12.8 Å². The molecule has 2 aromatic heterocycles. The lowest BCUT2D eigenvalue weighted by Crippen LogP contribution is -2.28. The molecule has 1 unspecified atom stereocenters. The summed E-state index contributed by atoms with van der Waals surface area (Å²) in [5, 5.41) is 5.36. The molecule has 3 rings (SSSR count). The number of carbonyl (C=O) groups excluding carboxylic acids is 2. The number of nitrogens with one attached hydrogen (secondary N) is 2. The van der Waals surface area contributed by atoms with Crippen molar-refractivity contribution >= 4 is 17.8 Å². The molecule has 1 fully saturated rings. The van der Waals surface area contributed by atoms with Gasteiger partial charge in [-0.3, -0.25) is 14.9 Å². The van der Waals surface area contributed by atoms with Crippen molar-refractivity contribution in [3.05, 3.63) is 41.9 Å². The number of nitrogens with zero attached hydrogens (tertiary/aromatic N) is 3. The van der Waals surface area contributed by atoms with Gasteiger partial charge in [0.2, 0.25) is 17.7 Å². The molecular formula is C20H22F3N5O3. The smallest absolute Gasteiger partial charge is 0.389 e. The van der Waals surface area contributed by atoms with Crippen molar-refractivity contribution in [2.75, 3.05) is 11.9 Å². The van der Waals surface area contributed by atoms with Crippen molar-refractivity contribution in [1.29, 1.82) is 0 Å². The molecule has 0 aliphatic heterocycles. The highest BCUT2D eigenvalue weighted by Gasteiger charge is 2.30. The van der Waals surface area contributed by atoms with Gasteiger partial charge in [0.15, 0.2) is 0 Å². The zero-order chi connectivity index (χ0) is 22.4. The number of carbonyl (C=O) groups is 2. The van der Waals surface area contributed by atoms with E-state index in [1.54, 1.807) is 13.0 Å².